The van der Waals surface area contributed by atoms with Gasteiger partial charge in [-0.2, -0.15) is 0 Å². The van der Waals surface area contributed by atoms with E-state index in [2.05, 4.69) is 10.6 Å². The van der Waals surface area contributed by atoms with E-state index in [0.717, 1.165) is 0 Å². The standard InChI is InChI=1S/C15H18FN3O5/c1-8(20)18-12(6-9-2-4-10(16)5-3-9)15(24)19-11(14(17)23)7-13(21)22/h2-5,11-12H,6-7H2,1H3,(H2,17,23)(H,18,20)(H,19,24)(H,21,22)/t11-,12-/m0/s1. The second-order valence-corrected chi connectivity index (χ2v) is 5.15. The van der Waals surface area contributed by atoms with Crippen LogP contribution in [0.3, 0.4) is 0 Å². The second kappa shape index (κ2) is 8.61. The van der Waals surface area contributed by atoms with Crippen molar-refractivity contribution in [1.82, 2.24) is 10.6 Å². The first-order valence-corrected chi connectivity index (χ1v) is 7.02. The molecule has 0 aliphatic heterocycles. The zero-order valence-corrected chi connectivity index (χ0v) is 12.9. The summed E-state index contributed by atoms with van der Waals surface area (Å²) < 4.78 is 12.9. The average molecular weight is 339 g/mol. The summed E-state index contributed by atoms with van der Waals surface area (Å²) in [5, 5.41) is 13.3. The third-order valence-corrected chi connectivity index (χ3v) is 3.09. The van der Waals surface area contributed by atoms with Crippen LogP contribution < -0.4 is 16.4 Å². The van der Waals surface area contributed by atoms with Gasteiger partial charge in [0.05, 0.1) is 6.42 Å². The lowest BCUT2D eigenvalue weighted by Crippen LogP contribution is -2.53. The number of nitrogens with one attached hydrogen (secondary N) is 2. The van der Waals surface area contributed by atoms with Crippen molar-refractivity contribution >= 4 is 23.7 Å². The van der Waals surface area contributed by atoms with Crippen LogP contribution in [0.4, 0.5) is 4.39 Å². The van der Waals surface area contributed by atoms with Crippen LogP contribution in [0.25, 0.3) is 0 Å². The van der Waals surface area contributed by atoms with Crippen LogP contribution in [0.1, 0.15) is 18.9 Å². The van der Waals surface area contributed by atoms with Gasteiger partial charge in [-0.1, -0.05) is 12.1 Å². The number of carboxylic acids is 1. The second-order valence-electron chi connectivity index (χ2n) is 5.15. The van der Waals surface area contributed by atoms with E-state index in [1.165, 1.54) is 31.2 Å². The number of hydrogen-bond donors (Lipinski definition) is 4. The number of amides is 3. The van der Waals surface area contributed by atoms with Crippen LogP contribution >= 0.6 is 0 Å². The summed E-state index contributed by atoms with van der Waals surface area (Å²) in [6.07, 6.45) is -0.644. The lowest BCUT2D eigenvalue weighted by Gasteiger charge is -2.20. The molecule has 1 aromatic rings. The summed E-state index contributed by atoms with van der Waals surface area (Å²) >= 11 is 0. The van der Waals surface area contributed by atoms with E-state index in [9.17, 15) is 23.6 Å². The zero-order valence-electron chi connectivity index (χ0n) is 12.9. The molecule has 0 unspecified atom stereocenters. The normalized spacial score (nSPS) is 12.8. The Bertz CT molecular complexity index is 633. The number of hydrogen-bond acceptors (Lipinski definition) is 4. The van der Waals surface area contributed by atoms with Crippen molar-refractivity contribution in [2.45, 2.75) is 31.8 Å². The number of halogens is 1. The fourth-order valence-corrected chi connectivity index (χ4v) is 1.98. The lowest BCUT2D eigenvalue weighted by molar-refractivity contribution is -0.140. The molecule has 2 atom stereocenters. The monoisotopic (exact) mass is 339 g/mol. The van der Waals surface area contributed by atoms with Gasteiger partial charge >= 0.3 is 5.97 Å². The molecule has 3 amide bonds. The first-order valence-electron chi connectivity index (χ1n) is 7.02. The fourth-order valence-electron chi connectivity index (χ4n) is 1.98. The van der Waals surface area contributed by atoms with E-state index >= 15 is 0 Å². The summed E-state index contributed by atoms with van der Waals surface area (Å²) in [6, 6.07) is 2.83. The molecular weight excluding hydrogens is 321 g/mol. The molecular formula is C15H18FN3O5. The maximum Gasteiger partial charge on any atom is 0.305 e. The highest BCUT2D eigenvalue weighted by Crippen LogP contribution is 2.07. The maximum absolute atomic E-state index is 12.9. The number of benzene rings is 1. The minimum absolute atomic E-state index is 0.0320. The molecule has 5 N–H and O–H groups in total. The van der Waals surface area contributed by atoms with Gasteiger partial charge in [0.2, 0.25) is 17.7 Å². The fraction of sp³-hybridized carbons (Fsp3) is 0.333. The number of rotatable bonds is 8. The number of aliphatic carboxylic acids is 1. The molecule has 0 aliphatic rings. The SMILES string of the molecule is CC(=O)N[C@@H](Cc1ccc(F)cc1)C(=O)N[C@@H](CC(=O)O)C(N)=O. The first-order chi connectivity index (χ1) is 11.2. The molecule has 0 radical (unpaired) electrons. The summed E-state index contributed by atoms with van der Waals surface area (Å²) in [4.78, 5) is 45.4. The molecule has 0 aliphatic carbocycles. The number of carbonyl (C=O) groups excluding carboxylic acids is 3. The van der Waals surface area contributed by atoms with Crippen molar-refractivity contribution in [3.05, 3.63) is 35.6 Å². The van der Waals surface area contributed by atoms with Gasteiger partial charge in [0.15, 0.2) is 0 Å². The molecule has 130 valence electrons. The molecule has 1 aromatic carbocycles. The molecule has 9 heteroatoms. The highest BCUT2D eigenvalue weighted by atomic mass is 19.1. The van der Waals surface area contributed by atoms with Gasteiger partial charge in [0.25, 0.3) is 0 Å². The van der Waals surface area contributed by atoms with Gasteiger partial charge in [0.1, 0.15) is 17.9 Å². The smallest absolute Gasteiger partial charge is 0.305 e. The maximum atomic E-state index is 12.9. The summed E-state index contributed by atoms with van der Waals surface area (Å²) in [7, 11) is 0. The van der Waals surface area contributed by atoms with E-state index in [-0.39, 0.29) is 6.42 Å². The lowest BCUT2D eigenvalue weighted by atomic mass is 10.0. The molecule has 0 saturated heterocycles. The minimum Gasteiger partial charge on any atom is -0.481 e. The van der Waals surface area contributed by atoms with E-state index in [0.29, 0.717) is 5.56 Å². The van der Waals surface area contributed by atoms with Gasteiger partial charge in [-0.05, 0) is 17.7 Å². The third kappa shape index (κ3) is 6.42. The Morgan fingerprint density at radius 1 is 1.12 bits per heavy atom. The number of nitrogens with two attached hydrogens (primary N) is 1. The van der Waals surface area contributed by atoms with Gasteiger partial charge in [-0.3, -0.25) is 19.2 Å². The minimum atomic E-state index is -1.40. The van der Waals surface area contributed by atoms with Crippen LogP contribution in [-0.2, 0) is 25.6 Å². The molecule has 0 saturated carbocycles. The Kier molecular flexibility index (Phi) is 6.84. The van der Waals surface area contributed by atoms with Crippen LogP contribution in [0.2, 0.25) is 0 Å². The van der Waals surface area contributed by atoms with Gasteiger partial charge < -0.3 is 21.5 Å². The highest BCUT2D eigenvalue weighted by Gasteiger charge is 2.26. The molecule has 0 bridgehead atoms. The molecule has 0 heterocycles. The van der Waals surface area contributed by atoms with Crippen LogP contribution in [0.5, 0.6) is 0 Å². The van der Waals surface area contributed by atoms with Crippen LogP contribution in [0, 0.1) is 5.82 Å². The van der Waals surface area contributed by atoms with Crippen LogP contribution in [-0.4, -0.2) is 40.9 Å². The van der Waals surface area contributed by atoms with E-state index in [1.807, 2.05) is 0 Å². The van der Waals surface area contributed by atoms with Crippen molar-refractivity contribution in [1.29, 1.82) is 0 Å². The number of primary amides is 1. The zero-order chi connectivity index (χ0) is 18.3. The highest BCUT2D eigenvalue weighted by molar-refractivity contribution is 5.93. The largest absolute Gasteiger partial charge is 0.481 e. The van der Waals surface area contributed by atoms with Gasteiger partial charge in [-0.25, -0.2) is 4.39 Å². The van der Waals surface area contributed by atoms with Crippen molar-refractivity contribution < 1.29 is 28.7 Å². The van der Waals surface area contributed by atoms with Gasteiger partial charge in [0, 0.05) is 13.3 Å². The predicted octanol–water partition coefficient (Wildman–Crippen LogP) is -0.682. The Morgan fingerprint density at radius 2 is 1.71 bits per heavy atom. The predicted molar refractivity (Wildman–Crippen MR) is 81.1 cm³/mol. The third-order valence-electron chi connectivity index (χ3n) is 3.09. The Morgan fingerprint density at radius 3 is 2.17 bits per heavy atom. The number of carbonyl (C=O) groups is 4. The van der Waals surface area contributed by atoms with Crippen molar-refractivity contribution in [2.24, 2.45) is 5.73 Å². The topological polar surface area (TPSA) is 139 Å². The Balaban J connectivity index is 2.87. The van der Waals surface area contributed by atoms with Gasteiger partial charge in [-0.15, -0.1) is 0 Å². The quantitative estimate of drug-likeness (QED) is 0.497. The molecule has 0 spiro atoms. The van der Waals surface area contributed by atoms with Crippen LogP contribution in [0.15, 0.2) is 24.3 Å². The molecule has 8 nitrogen and oxygen atoms in total. The van der Waals surface area contributed by atoms with Crippen molar-refractivity contribution in [3.8, 4) is 0 Å². The van der Waals surface area contributed by atoms with E-state index in [1.54, 1.807) is 0 Å². The molecule has 0 aromatic heterocycles. The average Bonchev–Trinajstić information content (AvgIpc) is 2.47. The molecule has 0 fully saturated rings. The summed E-state index contributed by atoms with van der Waals surface area (Å²) in [5.41, 5.74) is 5.63. The Hall–Kier alpha value is -2.97. The summed E-state index contributed by atoms with van der Waals surface area (Å²) in [5.74, 6) is -4.02. The van der Waals surface area contributed by atoms with Crippen molar-refractivity contribution in [2.75, 3.05) is 0 Å². The van der Waals surface area contributed by atoms with Crippen molar-refractivity contribution in [3.63, 3.8) is 0 Å². The van der Waals surface area contributed by atoms with E-state index < -0.39 is 48.0 Å². The first kappa shape index (κ1) is 19.1. The number of carboxylic acid groups (broad SMARTS) is 1. The molecule has 24 heavy (non-hydrogen) atoms. The molecule has 1 rings (SSSR count). The Labute approximate surface area is 137 Å². The van der Waals surface area contributed by atoms with E-state index in [4.69, 9.17) is 10.8 Å². The summed E-state index contributed by atoms with van der Waals surface area (Å²) in [6.45, 7) is 1.20.